The van der Waals surface area contributed by atoms with Gasteiger partial charge >= 0.3 is 17.6 Å². The Kier molecular flexibility index (Phi) is 6.32. The number of benzene rings is 1. The number of hydrogen-bond acceptors (Lipinski definition) is 5. The molecule has 1 saturated heterocycles. The molecule has 1 aromatic heterocycles. The molecule has 1 aliphatic heterocycles. The highest BCUT2D eigenvalue weighted by molar-refractivity contribution is 6.30. The molecule has 0 N–H and O–H groups in total. The van der Waals surface area contributed by atoms with E-state index in [-0.39, 0.29) is 38.0 Å². The van der Waals surface area contributed by atoms with Crippen LogP contribution in [0, 0.1) is 0 Å². The van der Waals surface area contributed by atoms with Crippen molar-refractivity contribution in [2.75, 3.05) is 31.1 Å². The Morgan fingerprint density at radius 1 is 1.12 bits per heavy atom. The number of hydrogen-bond donors (Lipinski definition) is 0. The molecule has 11 heteroatoms. The molecule has 2 aliphatic rings. The Hall–Kier alpha value is -2.75. The zero-order valence-corrected chi connectivity index (χ0v) is 17.9. The third-order valence-corrected chi connectivity index (χ3v) is 5.94. The van der Waals surface area contributed by atoms with Crippen molar-refractivity contribution in [3.63, 3.8) is 0 Å². The summed E-state index contributed by atoms with van der Waals surface area (Å²) in [7, 11) is 0. The largest absolute Gasteiger partial charge is 0.483 e. The van der Waals surface area contributed by atoms with E-state index < -0.39 is 17.6 Å². The van der Waals surface area contributed by atoms with Gasteiger partial charge in [0.15, 0.2) is 0 Å². The first-order valence-corrected chi connectivity index (χ1v) is 10.8. The third-order valence-electron chi connectivity index (χ3n) is 5.70. The summed E-state index contributed by atoms with van der Waals surface area (Å²) in [5, 5.41) is 4.70. The first-order valence-electron chi connectivity index (χ1n) is 10.4. The van der Waals surface area contributed by atoms with Gasteiger partial charge in [0.1, 0.15) is 5.69 Å². The second-order valence-electron chi connectivity index (χ2n) is 7.86. The van der Waals surface area contributed by atoms with Gasteiger partial charge in [0.25, 0.3) is 0 Å². The Balaban J connectivity index is 1.64. The first-order chi connectivity index (χ1) is 15.2. The normalized spacial score (nSPS) is 17.6. The fourth-order valence-corrected chi connectivity index (χ4v) is 4.24. The van der Waals surface area contributed by atoms with E-state index in [4.69, 9.17) is 16.3 Å². The van der Waals surface area contributed by atoms with Crippen molar-refractivity contribution in [3.8, 4) is 11.4 Å². The van der Waals surface area contributed by atoms with E-state index in [1.165, 1.54) is 10.9 Å². The van der Waals surface area contributed by atoms with E-state index in [0.717, 1.165) is 30.6 Å². The van der Waals surface area contributed by atoms with Crippen molar-refractivity contribution in [3.05, 3.63) is 45.8 Å². The van der Waals surface area contributed by atoms with Gasteiger partial charge in [-0.15, -0.1) is 0 Å². The highest BCUT2D eigenvalue weighted by Gasteiger charge is 2.43. The highest BCUT2D eigenvalue weighted by atomic mass is 35.5. The highest BCUT2D eigenvalue weighted by Crippen LogP contribution is 2.31. The van der Waals surface area contributed by atoms with Crippen LogP contribution in [0.5, 0.6) is 5.75 Å². The number of anilines is 1. The Morgan fingerprint density at radius 3 is 2.44 bits per heavy atom. The Morgan fingerprint density at radius 2 is 1.81 bits per heavy atom. The van der Waals surface area contributed by atoms with Crippen molar-refractivity contribution >= 4 is 23.2 Å². The summed E-state index contributed by atoms with van der Waals surface area (Å²) in [5.74, 6) is -1.74. The van der Waals surface area contributed by atoms with E-state index in [9.17, 15) is 22.8 Å². The number of halogens is 4. The van der Waals surface area contributed by atoms with Crippen molar-refractivity contribution in [2.24, 2.45) is 0 Å². The molecular formula is C21H22ClF3N4O3. The zero-order valence-electron chi connectivity index (χ0n) is 17.1. The lowest BCUT2D eigenvalue weighted by atomic mass is 10.2. The number of piperazine rings is 1. The van der Waals surface area contributed by atoms with Gasteiger partial charge in [0.2, 0.25) is 5.75 Å². The first kappa shape index (κ1) is 22.4. The molecule has 4 rings (SSSR count). The van der Waals surface area contributed by atoms with E-state index in [0.29, 0.717) is 16.4 Å². The summed E-state index contributed by atoms with van der Waals surface area (Å²) < 4.78 is 45.5. The number of ether oxygens (including phenoxy) is 1. The molecule has 1 aromatic carbocycles. The van der Waals surface area contributed by atoms with Crippen LogP contribution in [-0.2, 0) is 4.79 Å². The number of carbonyl (C=O) groups excluding carboxylic acids is 1. The van der Waals surface area contributed by atoms with Gasteiger partial charge in [-0.2, -0.15) is 23.0 Å². The summed E-state index contributed by atoms with van der Waals surface area (Å²) in [6.45, 7) is 0.0352. The molecular weight excluding hydrogens is 449 g/mol. The summed E-state index contributed by atoms with van der Waals surface area (Å²) in [6.07, 6.45) is 0.131. The quantitative estimate of drug-likeness (QED) is 0.685. The molecule has 1 amide bonds. The molecule has 1 saturated carbocycles. The second kappa shape index (κ2) is 9.01. The molecule has 0 radical (unpaired) electrons. The van der Waals surface area contributed by atoms with Gasteiger partial charge in [-0.25, -0.2) is 0 Å². The maximum atomic E-state index is 13.3. The van der Waals surface area contributed by atoms with Crippen LogP contribution in [0.4, 0.5) is 18.9 Å². The van der Waals surface area contributed by atoms with Crippen LogP contribution < -0.4 is 15.2 Å². The van der Waals surface area contributed by atoms with Crippen LogP contribution >= 0.6 is 11.6 Å². The number of nitrogens with zero attached hydrogens (tertiary/aromatic N) is 4. The van der Waals surface area contributed by atoms with Crippen LogP contribution in [0.2, 0.25) is 5.02 Å². The van der Waals surface area contributed by atoms with Gasteiger partial charge < -0.3 is 14.5 Å². The molecule has 0 bridgehead atoms. The van der Waals surface area contributed by atoms with Gasteiger partial charge in [0.05, 0.1) is 18.0 Å². The molecule has 2 fully saturated rings. The number of alkyl halides is 3. The fraction of sp³-hybridized carbons (Fsp3) is 0.476. The van der Waals surface area contributed by atoms with Crippen LogP contribution in [0.1, 0.15) is 25.7 Å². The predicted octanol–water partition coefficient (Wildman–Crippen LogP) is 3.42. The number of aromatic nitrogens is 2. The van der Waals surface area contributed by atoms with Gasteiger partial charge in [0, 0.05) is 31.2 Å². The lowest BCUT2D eigenvalue weighted by Gasteiger charge is -2.36. The maximum absolute atomic E-state index is 13.3. The topological polar surface area (TPSA) is 67.7 Å². The molecule has 2 aromatic rings. The smallest absolute Gasteiger partial charge is 0.471 e. The van der Waals surface area contributed by atoms with E-state index in [2.05, 4.69) is 5.10 Å². The molecule has 0 spiro atoms. The predicted molar refractivity (Wildman–Crippen MR) is 113 cm³/mol. The SMILES string of the molecule is O=C(N1CCN(c2cnn(-c3cccc(Cl)c3)c(=O)c2OC2CCCC2)CC1)C(F)(F)F. The number of carbonyl (C=O) groups is 1. The average Bonchev–Trinajstić information content (AvgIpc) is 3.27. The maximum Gasteiger partial charge on any atom is 0.471 e. The minimum Gasteiger partial charge on any atom is -0.483 e. The molecule has 0 atom stereocenters. The van der Waals surface area contributed by atoms with E-state index in [1.807, 2.05) is 0 Å². The summed E-state index contributed by atoms with van der Waals surface area (Å²) in [4.78, 5) is 27.4. The molecule has 172 valence electrons. The van der Waals surface area contributed by atoms with Crippen LogP contribution in [0.15, 0.2) is 35.3 Å². The van der Waals surface area contributed by atoms with Crippen LogP contribution in [0.3, 0.4) is 0 Å². The van der Waals surface area contributed by atoms with Gasteiger partial charge in [-0.1, -0.05) is 17.7 Å². The minimum absolute atomic E-state index is 0.107. The van der Waals surface area contributed by atoms with Crippen molar-refractivity contribution in [1.82, 2.24) is 14.7 Å². The monoisotopic (exact) mass is 470 g/mol. The van der Waals surface area contributed by atoms with Crippen LogP contribution in [0.25, 0.3) is 5.69 Å². The van der Waals surface area contributed by atoms with Crippen molar-refractivity contribution in [1.29, 1.82) is 0 Å². The van der Waals surface area contributed by atoms with E-state index >= 15 is 0 Å². The van der Waals surface area contributed by atoms with Gasteiger partial charge in [-0.05, 0) is 43.9 Å². The number of amides is 1. The average molecular weight is 471 g/mol. The van der Waals surface area contributed by atoms with Crippen molar-refractivity contribution < 1.29 is 22.7 Å². The third kappa shape index (κ3) is 4.69. The van der Waals surface area contributed by atoms with E-state index in [1.54, 1.807) is 29.2 Å². The summed E-state index contributed by atoms with van der Waals surface area (Å²) in [5.41, 5.74) is 0.427. The molecule has 0 unspecified atom stereocenters. The van der Waals surface area contributed by atoms with Crippen LogP contribution in [-0.4, -0.2) is 59.0 Å². The second-order valence-corrected chi connectivity index (χ2v) is 8.29. The van der Waals surface area contributed by atoms with Crippen molar-refractivity contribution in [2.45, 2.75) is 38.0 Å². The number of rotatable bonds is 4. The molecule has 2 heterocycles. The standard InChI is InChI=1S/C21H22ClF3N4O3/c22-14-4-3-5-15(12-14)29-19(30)18(32-16-6-1-2-7-16)17(13-26-29)27-8-10-28(11-9-27)20(31)21(23,24)25/h3-5,12-13,16H,1-2,6-11H2. The zero-order chi connectivity index (χ0) is 22.9. The lowest BCUT2D eigenvalue weighted by molar-refractivity contribution is -0.185. The Bertz CT molecular complexity index is 1050. The summed E-state index contributed by atoms with van der Waals surface area (Å²) >= 11 is 6.05. The molecule has 7 nitrogen and oxygen atoms in total. The minimum atomic E-state index is -4.90. The molecule has 1 aliphatic carbocycles. The molecule has 32 heavy (non-hydrogen) atoms. The summed E-state index contributed by atoms with van der Waals surface area (Å²) in [6, 6.07) is 6.69. The van der Waals surface area contributed by atoms with Gasteiger partial charge in [-0.3, -0.25) is 9.59 Å². The Labute approximate surface area is 187 Å². The lowest BCUT2D eigenvalue weighted by Crippen LogP contribution is -2.52. The fourth-order valence-electron chi connectivity index (χ4n) is 4.06.